The van der Waals surface area contributed by atoms with Gasteiger partial charge in [-0.25, -0.2) is 12.8 Å². The van der Waals surface area contributed by atoms with Crippen molar-refractivity contribution in [2.75, 3.05) is 0 Å². The second kappa shape index (κ2) is 28.0. The molecule has 0 aromatic heterocycles. The van der Waals surface area contributed by atoms with E-state index in [4.69, 9.17) is 0 Å². The van der Waals surface area contributed by atoms with Crippen molar-refractivity contribution >= 4 is 10.1 Å². The summed E-state index contributed by atoms with van der Waals surface area (Å²) in [5, 5.41) is -2.57. The number of rotatable bonds is 28. The Balaban J connectivity index is 0. The topological polar surface area (TPSA) is 57.2 Å². The molecular weight excluding hydrogens is 498 g/mol. The molecule has 1 unspecified atom stereocenters. The van der Waals surface area contributed by atoms with Crippen LogP contribution < -0.4 is 51.4 Å². The number of alkyl halides is 1. The number of hydrogen-bond acceptors (Lipinski definition) is 3. The van der Waals surface area contributed by atoms with Gasteiger partial charge in [-0.2, -0.15) is 0 Å². The molecule has 6 heteroatoms. The third-order valence-electron chi connectivity index (χ3n) is 7.51. The van der Waals surface area contributed by atoms with Crippen LogP contribution in [0, 0.1) is 0 Å². The van der Waals surface area contributed by atoms with Crippen molar-refractivity contribution in [2.24, 2.45) is 0 Å². The molecule has 0 radical (unpaired) electrons. The fourth-order valence-corrected chi connectivity index (χ4v) is 5.80. The summed E-state index contributed by atoms with van der Waals surface area (Å²) in [7, 11) is -4.91. The summed E-state index contributed by atoms with van der Waals surface area (Å²) in [4.78, 5) is 0. The van der Waals surface area contributed by atoms with Crippen molar-refractivity contribution in [1.82, 2.24) is 0 Å². The fraction of sp³-hybridized carbons (Fsp3) is 1.00. The van der Waals surface area contributed by atoms with Gasteiger partial charge in [0.15, 0.2) is 5.00 Å². The number of hydrogen-bond donors (Lipinski definition) is 0. The van der Waals surface area contributed by atoms with Crippen LogP contribution in [0.25, 0.3) is 0 Å². The predicted molar refractivity (Wildman–Crippen MR) is 150 cm³/mol. The first-order chi connectivity index (χ1) is 16.9. The zero-order chi connectivity index (χ0) is 26.1. The maximum absolute atomic E-state index is 15.0. The molecule has 0 aromatic rings. The van der Waals surface area contributed by atoms with E-state index in [0.29, 0.717) is 12.8 Å². The Morgan fingerprint density at radius 2 is 0.667 bits per heavy atom. The SMILES string of the molecule is CCCCCCCCCCCCCCCCCCC(F)(CCCCCCCCCCC)S(=O)(=O)[O-].[K+]. The van der Waals surface area contributed by atoms with Gasteiger partial charge >= 0.3 is 51.4 Å². The van der Waals surface area contributed by atoms with Gasteiger partial charge in [0.2, 0.25) is 0 Å². The minimum atomic E-state index is -4.91. The van der Waals surface area contributed by atoms with Crippen molar-refractivity contribution in [3.63, 3.8) is 0 Å². The minimum absolute atomic E-state index is 0. The Morgan fingerprint density at radius 3 is 0.861 bits per heavy atom. The second-order valence-electron chi connectivity index (χ2n) is 11.0. The van der Waals surface area contributed by atoms with Gasteiger partial charge in [-0.3, -0.25) is 0 Å². The van der Waals surface area contributed by atoms with E-state index < -0.39 is 15.1 Å². The van der Waals surface area contributed by atoms with Crippen molar-refractivity contribution in [1.29, 1.82) is 0 Å². The first-order valence-corrected chi connectivity index (χ1v) is 16.9. The monoisotopic (exact) mass is 558 g/mol. The van der Waals surface area contributed by atoms with Crippen molar-refractivity contribution < 1.29 is 68.7 Å². The van der Waals surface area contributed by atoms with Crippen LogP contribution in [0.1, 0.15) is 187 Å². The summed E-state index contributed by atoms with van der Waals surface area (Å²) in [5.41, 5.74) is 0. The fourth-order valence-electron chi connectivity index (χ4n) is 5.01. The summed E-state index contributed by atoms with van der Waals surface area (Å²) < 4.78 is 49.7. The van der Waals surface area contributed by atoms with Crippen LogP contribution in [0.2, 0.25) is 0 Å². The molecule has 0 rings (SSSR count). The quantitative estimate of drug-likeness (QED) is 0.0560. The predicted octanol–water partition coefficient (Wildman–Crippen LogP) is 7.77. The van der Waals surface area contributed by atoms with Gasteiger partial charge in [0.1, 0.15) is 10.1 Å². The normalized spacial score (nSPS) is 13.4. The molecule has 0 amide bonds. The molecule has 0 aliphatic heterocycles. The Labute approximate surface area is 268 Å². The molecule has 0 saturated heterocycles. The zero-order valence-corrected chi connectivity index (χ0v) is 28.5. The molecule has 0 saturated carbocycles. The largest absolute Gasteiger partial charge is 1.00 e. The van der Waals surface area contributed by atoms with Crippen LogP contribution in [0.5, 0.6) is 0 Å². The Bertz CT molecular complexity index is 544. The van der Waals surface area contributed by atoms with Gasteiger partial charge < -0.3 is 4.55 Å². The van der Waals surface area contributed by atoms with Crippen molar-refractivity contribution in [3.8, 4) is 0 Å². The zero-order valence-electron chi connectivity index (χ0n) is 24.6. The number of unbranched alkanes of at least 4 members (excludes halogenated alkanes) is 23. The van der Waals surface area contributed by atoms with Crippen LogP contribution in [0.3, 0.4) is 0 Å². The van der Waals surface area contributed by atoms with Gasteiger partial charge in [-0.15, -0.1) is 0 Å². The van der Waals surface area contributed by atoms with Crippen LogP contribution in [0.15, 0.2) is 0 Å². The number of halogens is 1. The average Bonchev–Trinajstić information content (AvgIpc) is 2.82. The van der Waals surface area contributed by atoms with Crippen LogP contribution in [-0.2, 0) is 10.1 Å². The van der Waals surface area contributed by atoms with Crippen molar-refractivity contribution in [3.05, 3.63) is 0 Å². The van der Waals surface area contributed by atoms with Gasteiger partial charge in [-0.05, 0) is 25.7 Å². The summed E-state index contributed by atoms with van der Waals surface area (Å²) in [5.74, 6) is 0. The summed E-state index contributed by atoms with van der Waals surface area (Å²) in [6.45, 7) is 4.46. The smallest absolute Gasteiger partial charge is 0.745 e. The molecule has 212 valence electrons. The van der Waals surface area contributed by atoms with Gasteiger partial charge in [-0.1, -0.05) is 162 Å². The first-order valence-electron chi connectivity index (χ1n) is 15.5. The Hall–Kier alpha value is 1.48. The van der Waals surface area contributed by atoms with Crippen LogP contribution >= 0.6 is 0 Å². The first kappa shape index (κ1) is 39.6. The van der Waals surface area contributed by atoms with Gasteiger partial charge in [0.05, 0.1) is 0 Å². The molecule has 0 aliphatic rings. The van der Waals surface area contributed by atoms with E-state index in [1.54, 1.807) is 0 Å². The van der Waals surface area contributed by atoms with Gasteiger partial charge in [0.25, 0.3) is 0 Å². The molecule has 0 fully saturated rings. The molecule has 0 heterocycles. The van der Waals surface area contributed by atoms with E-state index in [0.717, 1.165) is 38.5 Å². The van der Waals surface area contributed by atoms with Crippen LogP contribution in [0.4, 0.5) is 4.39 Å². The second-order valence-corrected chi connectivity index (χ2v) is 12.6. The minimum Gasteiger partial charge on any atom is -0.745 e. The molecule has 3 nitrogen and oxygen atoms in total. The standard InChI is InChI=1S/C30H61FO3S.K/c1-3-5-7-9-11-13-14-15-16-17-18-19-21-23-25-27-29-30(31,35(32,33)34)28-26-24-22-20-12-10-8-6-4-2;/h3-29H2,1-2H3,(H,32,33,34);/q;+1/p-1. The Kier molecular flexibility index (Phi) is 30.8. The van der Waals surface area contributed by atoms with E-state index in [-0.39, 0.29) is 64.2 Å². The van der Waals surface area contributed by atoms with E-state index in [9.17, 15) is 17.4 Å². The maximum Gasteiger partial charge on any atom is 1.00 e. The summed E-state index contributed by atoms with van der Waals surface area (Å²) >= 11 is 0. The maximum atomic E-state index is 15.0. The third-order valence-corrected chi connectivity index (χ3v) is 8.81. The van der Waals surface area contributed by atoms with Gasteiger partial charge in [0, 0.05) is 0 Å². The molecular formula is C30H60FKO3S. The molecule has 1 atom stereocenters. The molecule has 0 spiro atoms. The van der Waals surface area contributed by atoms with E-state index in [2.05, 4.69) is 13.8 Å². The molecule has 0 aromatic carbocycles. The third kappa shape index (κ3) is 24.5. The molecule has 0 bridgehead atoms. The van der Waals surface area contributed by atoms with E-state index >= 15 is 0 Å². The average molecular weight is 559 g/mol. The Morgan fingerprint density at radius 1 is 0.472 bits per heavy atom. The molecule has 0 aliphatic carbocycles. The summed E-state index contributed by atoms with van der Waals surface area (Å²) in [6.07, 6.45) is 28.9. The molecule has 36 heavy (non-hydrogen) atoms. The van der Waals surface area contributed by atoms with E-state index in [1.165, 1.54) is 109 Å². The molecule has 0 N–H and O–H groups in total. The van der Waals surface area contributed by atoms with E-state index in [1.807, 2.05) is 0 Å². The van der Waals surface area contributed by atoms with Crippen LogP contribution in [-0.4, -0.2) is 18.0 Å². The van der Waals surface area contributed by atoms with Crippen molar-refractivity contribution in [2.45, 2.75) is 192 Å². The summed E-state index contributed by atoms with van der Waals surface area (Å²) in [6, 6.07) is 0.